The van der Waals surface area contributed by atoms with Gasteiger partial charge in [-0.05, 0) is 36.1 Å². The molecule has 3 nitrogen and oxygen atoms in total. The highest BCUT2D eigenvalue weighted by Gasteiger charge is 2.17. The molecule has 1 unspecified atom stereocenters. The summed E-state index contributed by atoms with van der Waals surface area (Å²) in [6.07, 6.45) is 0. The number of halogens is 1. The summed E-state index contributed by atoms with van der Waals surface area (Å²) < 4.78 is 6.53. The highest BCUT2D eigenvalue weighted by molar-refractivity contribution is 9.10. The average Bonchev–Trinajstić information content (AvgIpc) is 2.61. The van der Waals surface area contributed by atoms with E-state index in [1.807, 2.05) is 67.6 Å². The van der Waals surface area contributed by atoms with Crippen molar-refractivity contribution < 1.29 is 9.53 Å². The third-order valence-corrected chi connectivity index (χ3v) is 4.57. The maximum Gasteiger partial charge on any atom is 0.255 e. The van der Waals surface area contributed by atoms with E-state index in [0.717, 1.165) is 20.8 Å². The van der Waals surface area contributed by atoms with Crippen LogP contribution < -0.4 is 10.1 Å². The van der Waals surface area contributed by atoms with Crippen molar-refractivity contribution in [3.05, 3.63) is 76.3 Å². The van der Waals surface area contributed by atoms with Gasteiger partial charge in [-0.25, -0.2) is 0 Å². The summed E-state index contributed by atoms with van der Waals surface area (Å²) in [6, 6.07) is 19.5. The summed E-state index contributed by atoms with van der Waals surface area (Å²) in [4.78, 5) is 12.7. The monoisotopic (exact) mass is 383 g/mol. The molecule has 0 bridgehead atoms. The molecule has 24 heavy (non-hydrogen) atoms. The number of rotatable bonds is 4. The van der Waals surface area contributed by atoms with Gasteiger partial charge in [-0.2, -0.15) is 0 Å². The topological polar surface area (TPSA) is 38.3 Å². The Balaban J connectivity index is 1.89. The predicted octanol–water partition coefficient (Wildman–Crippen LogP) is 5.10. The Kier molecular flexibility index (Phi) is 4.86. The molecule has 3 rings (SSSR count). The molecule has 0 aliphatic heterocycles. The first-order chi connectivity index (χ1) is 11.6. The fourth-order valence-corrected chi connectivity index (χ4v) is 3.02. The SMILES string of the molecule is COc1c(C(=O)NC(C)c2ccc(Br)cc2)ccc2ccccc12. The molecule has 0 aliphatic carbocycles. The molecule has 0 aliphatic rings. The minimum atomic E-state index is -0.145. The molecule has 0 spiro atoms. The van der Waals surface area contributed by atoms with Gasteiger partial charge >= 0.3 is 0 Å². The van der Waals surface area contributed by atoms with Gasteiger partial charge in [0.1, 0.15) is 5.75 Å². The first kappa shape index (κ1) is 16.5. The second-order valence-corrected chi connectivity index (χ2v) is 6.53. The fourth-order valence-electron chi connectivity index (χ4n) is 2.75. The molecule has 3 aromatic carbocycles. The van der Waals surface area contributed by atoms with Gasteiger partial charge in [0, 0.05) is 9.86 Å². The Morgan fingerprint density at radius 2 is 1.75 bits per heavy atom. The molecule has 0 fully saturated rings. The number of hydrogen-bond donors (Lipinski definition) is 1. The van der Waals surface area contributed by atoms with Crippen LogP contribution in [0, 0.1) is 0 Å². The molecule has 0 saturated carbocycles. The fraction of sp³-hybridized carbons (Fsp3) is 0.150. The van der Waals surface area contributed by atoms with Gasteiger partial charge in [0.2, 0.25) is 0 Å². The molecule has 4 heteroatoms. The summed E-state index contributed by atoms with van der Waals surface area (Å²) in [5.74, 6) is 0.460. The molecule has 0 aromatic heterocycles. The van der Waals surface area contributed by atoms with E-state index in [4.69, 9.17) is 4.74 Å². The van der Waals surface area contributed by atoms with E-state index in [-0.39, 0.29) is 11.9 Å². The molecular weight excluding hydrogens is 366 g/mol. The van der Waals surface area contributed by atoms with E-state index in [0.29, 0.717) is 11.3 Å². The number of fused-ring (bicyclic) bond motifs is 1. The number of amides is 1. The lowest BCUT2D eigenvalue weighted by atomic mass is 10.0. The van der Waals surface area contributed by atoms with Crippen LogP contribution in [0.25, 0.3) is 10.8 Å². The third-order valence-electron chi connectivity index (χ3n) is 4.05. The Morgan fingerprint density at radius 1 is 1.04 bits per heavy atom. The van der Waals surface area contributed by atoms with Crippen molar-refractivity contribution in [1.82, 2.24) is 5.32 Å². The molecule has 122 valence electrons. The zero-order valence-electron chi connectivity index (χ0n) is 13.5. The van der Waals surface area contributed by atoms with Gasteiger partial charge in [0.25, 0.3) is 5.91 Å². The third kappa shape index (κ3) is 3.29. The van der Waals surface area contributed by atoms with Crippen LogP contribution in [0.4, 0.5) is 0 Å². The predicted molar refractivity (Wildman–Crippen MR) is 101 cm³/mol. The Bertz CT molecular complexity index is 874. The van der Waals surface area contributed by atoms with Crippen LogP contribution in [-0.4, -0.2) is 13.0 Å². The number of nitrogens with one attached hydrogen (secondary N) is 1. The summed E-state index contributed by atoms with van der Waals surface area (Å²) in [6.45, 7) is 1.97. The molecule has 0 radical (unpaired) electrons. The summed E-state index contributed by atoms with van der Waals surface area (Å²) in [5, 5.41) is 5.02. The van der Waals surface area contributed by atoms with Gasteiger partial charge in [-0.3, -0.25) is 4.79 Å². The molecule has 3 aromatic rings. The Labute approximate surface area is 149 Å². The number of carbonyl (C=O) groups excluding carboxylic acids is 1. The van der Waals surface area contributed by atoms with Crippen LogP contribution in [0.5, 0.6) is 5.75 Å². The van der Waals surface area contributed by atoms with Crippen molar-refractivity contribution in [3.8, 4) is 5.75 Å². The van der Waals surface area contributed by atoms with E-state index in [2.05, 4.69) is 21.2 Å². The van der Waals surface area contributed by atoms with Crippen LogP contribution in [0.3, 0.4) is 0 Å². The van der Waals surface area contributed by atoms with Gasteiger partial charge in [-0.15, -0.1) is 0 Å². The van der Waals surface area contributed by atoms with Crippen molar-refractivity contribution in [1.29, 1.82) is 0 Å². The van der Waals surface area contributed by atoms with Crippen LogP contribution in [0.2, 0.25) is 0 Å². The second-order valence-electron chi connectivity index (χ2n) is 5.61. The normalized spacial score (nSPS) is 12.0. The highest BCUT2D eigenvalue weighted by Crippen LogP contribution is 2.30. The second kappa shape index (κ2) is 7.05. The summed E-state index contributed by atoms with van der Waals surface area (Å²) >= 11 is 3.42. The number of carbonyl (C=O) groups is 1. The van der Waals surface area contributed by atoms with Crippen molar-refractivity contribution in [3.63, 3.8) is 0 Å². The van der Waals surface area contributed by atoms with E-state index < -0.39 is 0 Å². The van der Waals surface area contributed by atoms with Crippen LogP contribution in [-0.2, 0) is 0 Å². The van der Waals surface area contributed by atoms with E-state index in [1.165, 1.54) is 0 Å². The molecule has 0 heterocycles. The maximum absolute atomic E-state index is 12.7. The summed E-state index contributed by atoms with van der Waals surface area (Å²) in [7, 11) is 1.59. The molecule has 1 N–H and O–H groups in total. The largest absolute Gasteiger partial charge is 0.495 e. The first-order valence-corrected chi connectivity index (χ1v) is 8.51. The number of ether oxygens (including phenoxy) is 1. The van der Waals surface area contributed by atoms with Crippen LogP contribution in [0.15, 0.2) is 65.1 Å². The van der Waals surface area contributed by atoms with Gasteiger partial charge in [0.05, 0.1) is 18.7 Å². The van der Waals surface area contributed by atoms with Crippen molar-refractivity contribution in [2.75, 3.05) is 7.11 Å². The van der Waals surface area contributed by atoms with Gasteiger partial charge in [-0.1, -0.05) is 58.4 Å². The quantitative estimate of drug-likeness (QED) is 0.680. The lowest BCUT2D eigenvalue weighted by Crippen LogP contribution is -2.27. The number of methoxy groups -OCH3 is 1. The smallest absolute Gasteiger partial charge is 0.255 e. The van der Waals surface area contributed by atoms with Crippen molar-refractivity contribution in [2.24, 2.45) is 0 Å². The lowest BCUT2D eigenvalue weighted by Gasteiger charge is -2.17. The van der Waals surface area contributed by atoms with E-state index in [9.17, 15) is 4.79 Å². The minimum absolute atomic E-state index is 0.0956. The lowest BCUT2D eigenvalue weighted by molar-refractivity contribution is 0.0937. The van der Waals surface area contributed by atoms with Gasteiger partial charge < -0.3 is 10.1 Å². The zero-order valence-corrected chi connectivity index (χ0v) is 15.1. The molecular formula is C20H18BrNO2. The Hall–Kier alpha value is -2.33. The number of benzene rings is 3. The van der Waals surface area contributed by atoms with Crippen LogP contribution in [0.1, 0.15) is 28.9 Å². The van der Waals surface area contributed by atoms with E-state index in [1.54, 1.807) is 7.11 Å². The maximum atomic E-state index is 12.7. The average molecular weight is 384 g/mol. The van der Waals surface area contributed by atoms with Crippen molar-refractivity contribution in [2.45, 2.75) is 13.0 Å². The number of hydrogen-bond acceptors (Lipinski definition) is 2. The highest BCUT2D eigenvalue weighted by atomic mass is 79.9. The zero-order chi connectivity index (χ0) is 17.1. The summed E-state index contributed by atoms with van der Waals surface area (Å²) in [5.41, 5.74) is 1.59. The molecule has 1 atom stereocenters. The van der Waals surface area contributed by atoms with E-state index >= 15 is 0 Å². The van der Waals surface area contributed by atoms with Gasteiger partial charge in [0.15, 0.2) is 0 Å². The standard InChI is InChI=1S/C20H18BrNO2/c1-13(14-7-10-16(21)11-8-14)22-20(23)18-12-9-15-5-3-4-6-17(15)19(18)24-2/h3-13H,1-2H3,(H,22,23). The molecule has 1 amide bonds. The minimum Gasteiger partial charge on any atom is -0.495 e. The first-order valence-electron chi connectivity index (χ1n) is 7.72. The van der Waals surface area contributed by atoms with Crippen LogP contribution >= 0.6 is 15.9 Å². The Morgan fingerprint density at radius 3 is 2.46 bits per heavy atom. The van der Waals surface area contributed by atoms with Crippen molar-refractivity contribution >= 4 is 32.6 Å². The molecule has 0 saturated heterocycles.